The summed E-state index contributed by atoms with van der Waals surface area (Å²) < 4.78 is 0. The lowest BCUT2D eigenvalue weighted by Gasteiger charge is -2.39. The molecule has 0 amide bonds. The molecule has 110 valence electrons. The molecule has 0 N–H and O–H groups in total. The summed E-state index contributed by atoms with van der Waals surface area (Å²) in [6.45, 7) is 7.60. The van der Waals surface area contributed by atoms with Gasteiger partial charge in [0.2, 0.25) is 0 Å². The van der Waals surface area contributed by atoms with Gasteiger partial charge in [-0.1, -0.05) is 20.3 Å². The molecule has 0 aromatic heterocycles. The van der Waals surface area contributed by atoms with Crippen molar-refractivity contribution >= 4 is 5.78 Å². The first-order valence-electron chi connectivity index (χ1n) is 7.83. The van der Waals surface area contributed by atoms with Gasteiger partial charge in [0.1, 0.15) is 5.78 Å². The number of carbonyl (C=O) groups excluding carboxylic acids is 1. The Hall–Kier alpha value is -0.410. The third kappa shape index (κ3) is 3.57. The number of ketones is 1. The summed E-state index contributed by atoms with van der Waals surface area (Å²) in [7, 11) is 4.41. The molecule has 2 fully saturated rings. The van der Waals surface area contributed by atoms with E-state index in [1.54, 1.807) is 0 Å². The maximum atomic E-state index is 12.5. The average Bonchev–Trinajstić information content (AvgIpc) is 2.35. The minimum absolute atomic E-state index is 0.0868. The van der Waals surface area contributed by atoms with Crippen LogP contribution in [0.3, 0.4) is 0 Å². The second-order valence-electron chi connectivity index (χ2n) is 7.31. The number of piperidine rings is 1. The van der Waals surface area contributed by atoms with Gasteiger partial charge in [-0.05, 0) is 52.9 Å². The maximum absolute atomic E-state index is 12.5. The first-order valence-corrected chi connectivity index (χ1v) is 7.83. The number of likely N-dealkylation sites (tertiary alicyclic amines) is 1. The van der Waals surface area contributed by atoms with Crippen LogP contribution in [0.15, 0.2) is 0 Å². The van der Waals surface area contributed by atoms with E-state index >= 15 is 0 Å². The van der Waals surface area contributed by atoms with Crippen molar-refractivity contribution in [1.29, 1.82) is 0 Å². The van der Waals surface area contributed by atoms with Gasteiger partial charge in [-0.2, -0.15) is 0 Å². The highest BCUT2D eigenvalue weighted by Crippen LogP contribution is 2.36. The van der Waals surface area contributed by atoms with E-state index in [0.717, 1.165) is 19.4 Å². The van der Waals surface area contributed by atoms with Gasteiger partial charge in [0.05, 0.1) is 0 Å². The molecule has 1 heterocycles. The lowest BCUT2D eigenvalue weighted by atomic mass is 9.71. The monoisotopic (exact) mass is 266 g/mol. The minimum Gasteiger partial charge on any atom is -0.306 e. The third-order valence-electron chi connectivity index (χ3n) is 5.21. The van der Waals surface area contributed by atoms with Crippen LogP contribution in [0.2, 0.25) is 0 Å². The highest BCUT2D eigenvalue weighted by atomic mass is 16.1. The van der Waals surface area contributed by atoms with Crippen LogP contribution in [0.4, 0.5) is 0 Å². The Balaban J connectivity index is 1.88. The molecule has 1 saturated carbocycles. The van der Waals surface area contributed by atoms with E-state index in [-0.39, 0.29) is 11.3 Å². The zero-order valence-corrected chi connectivity index (χ0v) is 13.1. The SMILES string of the molecule is CN1CCC(N(C)CC2CCCC(C)(C)C2=O)CC1. The molecule has 3 nitrogen and oxygen atoms in total. The summed E-state index contributed by atoms with van der Waals surface area (Å²) in [6.07, 6.45) is 5.87. The van der Waals surface area contributed by atoms with Crippen molar-refractivity contribution in [3.8, 4) is 0 Å². The van der Waals surface area contributed by atoms with Gasteiger partial charge >= 0.3 is 0 Å². The fourth-order valence-corrected chi connectivity index (χ4v) is 3.70. The summed E-state index contributed by atoms with van der Waals surface area (Å²) in [5.74, 6) is 0.770. The maximum Gasteiger partial charge on any atom is 0.142 e. The highest BCUT2D eigenvalue weighted by Gasteiger charge is 2.38. The van der Waals surface area contributed by atoms with Gasteiger partial charge in [0.15, 0.2) is 0 Å². The molecule has 1 saturated heterocycles. The number of Topliss-reactive ketones (excluding diaryl/α,β-unsaturated/α-hetero) is 1. The van der Waals surface area contributed by atoms with Crippen molar-refractivity contribution in [2.75, 3.05) is 33.7 Å². The van der Waals surface area contributed by atoms with Gasteiger partial charge in [0, 0.05) is 23.9 Å². The van der Waals surface area contributed by atoms with Crippen LogP contribution < -0.4 is 0 Å². The Bertz CT molecular complexity index is 319. The molecule has 1 aliphatic heterocycles. The Morgan fingerprint density at radius 2 is 1.89 bits per heavy atom. The summed E-state index contributed by atoms with van der Waals surface area (Å²) in [5, 5.41) is 0. The zero-order chi connectivity index (χ0) is 14.0. The van der Waals surface area contributed by atoms with Gasteiger partial charge in [-0.15, -0.1) is 0 Å². The summed E-state index contributed by atoms with van der Waals surface area (Å²) >= 11 is 0. The van der Waals surface area contributed by atoms with Gasteiger partial charge in [-0.3, -0.25) is 4.79 Å². The summed E-state index contributed by atoms with van der Waals surface area (Å²) in [6, 6.07) is 0.675. The van der Waals surface area contributed by atoms with Crippen LogP contribution in [0.25, 0.3) is 0 Å². The van der Waals surface area contributed by atoms with Crippen molar-refractivity contribution in [3.63, 3.8) is 0 Å². The molecule has 0 radical (unpaired) electrons. The molecule has 19 heavy (non-hydrogen) atoms. The Kier molecular flexibility index (Phi) is 4.67. The normalized spacial score (nSPS) is 29.9. The van der Waals surface area contributed by atoms with Crippen LogP contribution >= 0.6 is 0 Å². The quantitative estimate of drug-likeness (QED) is 0.784. The molecule has 2 rings (SSSR count). The largest absolute Gasteiger partial charge is 0.306 e. The number of hydrogen-bond acceptors (Lipinski definition) is 3. The Morgan fingerprint density at radius 3 is 2.53 bits per heavy atom. The van der Waals surface area contributed by atoms with E-state index in [9.17, 15) is 4.79 Å². The molecular weight excluding hydrogens is 236 g/mol. The van der Waals surface area contributed by atoms with Crippen LogP contribution in [0.5, 0.6) is 0 Å². The van der Waals surface area contributed by atoms with Crippen LogP contribution in [0.1, 0.15) is 46.0 Å². The summed E-state index contributed by atoms with van der Waals surface area (Å²) in [5.41, 5.74) is -0.0868. The second-order valence-corrected chi connectivity index (χ2v) is 7.31. The van der Waals surface area contributed by atoms with Crippen molar-refractivity contribution in [2.45, 2.75) is 52.0 Å². The Labute approximate surface area is 118 Å². The molecule has 0 bridgehead atoms. The van der Waals surface area contributed by atoms with E-state index in [2.05, 4.69) is 37.7 Å². The number of carbonyl (C=O) groups is 1. The van der Waals surface area contributed by atoms with Gasteiger partial charge in [0.25, 0.3) is 0 Å². The molecule has 0 aromatic rings. The zero-order valence-electron chi connectivity index (χ0n) is 13.1. The molecule has 2 aliphatic rings. The predicted octanol–water partition coefficient (Wildman–Crippen LogP) is 2.41. The van der Waals surface area contributed by atoms with Crippen LogP contribution in [0, 0.1) is 11.3 Å². The molecule has 0 spiro atoms. The van der Waals surface area contributed by atoms with Crippen molar-refractivity contribution in [2.24, 2.45) is 11.3 Å². The molecule has 3 heteroatoms. The lowest BCUT2D eigenvalue weighted by Crippen LogP contribution is -2.46. The highest BCUT2D eigenvalue weighted by molar-refractivity contribution is 5.87. The number of nitrogens with zero attached hydrogens (tertiary/aromatic N) is 2. The van der Waals surface area contributed by atoms with Crippen molar-refractivity contribution in [1.82, 2.24) is 9.80 Å². The molecule has 1 aliphatic carbocycles. The van der Waals surface area contributed by atoms with Crippen molar-refractivity contribution in [3.05, 3.63) is 0 Å². The van der Waals surface area contributed by atoms with E-state index in [1.807, 2.05) is 0 Å². The fraction of sp³-hybridized carbons (Fsp3) is 0.938. The van der Waals surface area contributed by atoms with Crippen molar-refractivity contribution < 1.29 is 4.79 Å². The van der Waals surface area contributed by atoms with E-state index in [1.165, 1.54) is 32.4 Å². The molecule has 1 atom stereocenters. The minimum atomic E-state index is -0.0868. The predicted molar refractivity (Wildman–Crippen MR) is 79.3 cm³/mol. The fourth-order valence-electron chi connectivity index (χ4n) is 3.70. The third-order valence-corrected chi connectivity index (χ3v) is 5.21. The number of hydrogen-bond donors (Lipinski definition) is 0. The first kappa shape index (κ1) is 15.0. The smallest absolute Gasteiger partial charge is 0.142 e. The second kappa shape index (κ2) is 5.92. The number of rotatable bonds is 3. The Morgan fingerprint density at radius 1 is 1.26 bits per heavy atom. The topological polar surface area (TPSA) is 23.6 Å². The lowest BCUT2D eigenvalue weighted by molar-refractivity contribution is -0.135. The first-order chi connectivity index (χ1) is 8.90. The molecule has 0 aromatic carbocycles. The van der Waals surface area contributed by atoms with E-state index < -0.39 is 0 Å². The van der Waals surface area contributed by atoms with Crippen LogP contribution in [-0.4, -0.2) is 55.4 Å². The van der Waals surface area contributed by atoms with Gasteiger partial charge in [-0.25, -0.2) is 0 Å². The van der Waals surface area contributed by atoms with Gasteiger partial charge < -0.3 is 9.80 Å². The molecule has 1 unspecified atom stereocenters. The van der Waals surface area contributed by atoms with Crippen LogP contribution in [-0.2, 0) is 4.79 Å². The standard InChI is InChI=1S/C16H30N2O/c1-16(2)9-5-6-13(15(16)19)12-18(4)14-7-10-17(3)11-8-14/h13-14H,5-12H2,1-4H3. The average molecular weight is 266 g/mol. The van der Waals surface area contributed by atoms with E-state index in [0.29, 0.717) is 11.8 Å². The van der Waals surface area contributed by atoms with E-state index in [4.69, 9.17) is 0 Å². The summed E-state index contributed by atoms with van der Waals surface area (Å²) in [4.78, 5) is 17.3. The molecular formula is C16H30N2O.